The highest BCUT2D eigenvalue weighted by atomic mass is 79.9. The van der Waals surface area contributed by atoms with E-state index >= 15 is 0 Å². The number of hydrogen-bond donors (Lipinski definition) is 0. The lowest BCUT2D eigenvalue weighted by atomic mass is 10.1. The molecule has 0 saturated heterocycles. The Kier molecular flexibility index (Phi) is 3.61. The van der Waals surface area contributed by atoms with Gasteiger partial charge in [-0.1, -0.05) is 0 Å². The minimum absolute atomic E-state index is 0.774. The fourth-order valence-electron chi connectivity index (χ4n) is 1.85. The Balaban J connectivity index is 2.64. The number of rotatable bonds is 3. The molecule has 0 unspecified atom stereocenters. The fourth-order valence-corrected chi connectivity index (χ4v) is 2.10. The zero-order valence-electron chi connectivity index (χ0n) is 10.8. The first-order valence-electron chi connectivity index (χ1n) is 5.49. The van der Waals surface area contributed by atoms with Crippen LogP contribution in [-0.4, -0.2) is 23.8 Å². The maximum absolute atomic E-state index is 5.38. The second-order valence-corrected chi connectivity index (χ2v) is 4.69. The van der Waals surface area contributed by atoms with E-state index in [9.17, 15) is 0 Å². The van der Waals surface area contributed by atoms with Crippen LogP contribution in [0.2, 0.25) is 0 Å². The monoisotopic (exact) mass is 310 g/mol. The lowest BCUT2D eigenvalue weighted by molar-refractivity contribution is 0.404. The van der Waals surface area contributed by atoms with Crippen LogP contribution in [0.4, 0.5) is 0 Å². The smallest absolute Gasteiger partial charge is 0.144 e. The highest BCUT2D eigenvalue weighted by Gasteiger charge is 2.15. The summed E-state index contributed by atoms with van der Waals surface area (Å²) in [7, 11) is 5.25. The van der Waals surface area contributed by atoms with Gasteiger partial charge in [0.15, 0.2) is 0 Å². The molecule has 0 aliphatic rings. The van der Waals surface area contributed by atoms with Crippen molar-refractivity contribution in [1.29, 1.82) is 0 Å². The van der Waals surface area contributed by atoms with E-state index in [0.717, 1.165) is 33.2 Å². The van der Waals surface area contributed by atoms with Gasteiger partial charge in [0.25, 0.3) is 0 Å². The van der Waals surface area contributed by atoms with Crippen molar-refractivity contribution < 1.29 is 9.47 Å². The number of hydrogen-bond acceptors (Lipinski definition) is 3. The Bertz CT molecular complexity index is 579. The van der Waals surface area contributed by atoms with Crippen LogP contribution in [0.25, 0.3) is 11.4 Å². The van der Waals surface area contributed by atoms with Crippen LogP contribution >= 0.6 is 15.9 Å². The third-order valence-electron chi connectivity index (χ3n) is 2.83. The van der Waals surface area contributed by atoms with Gasteiger partial charge >= 0.3 is 0 Å². The number of imidazole rings is 1. The van der Waals surface area contributed by atoms with Gasteiger partial charge in [0.05, 0.1) is 25.5 Å². The summed E-state index contributed by atoms with van der Waals surface area (Å²) in [5.74, 6) is 2.40. The number of aromatic nitrogens is 2. The van der Waals surface area contributed by atoms with Gasteiger partial charge in [-0.25, -0.2) is 4.98 Å². The molecule has 0 aliphatic carbocycles. The molecule has 0 aliphatic heterocycles. The lowest BCUT2D eigenvalue weighted by Crippen LogP contribution is -1.96. The van der Waals surface area contributed by atoms with Gasteiger partial charge in [0.2, 0.25) is 0 Å². The number of ether oxygens (including phenoxy) is 2. The molecule has 5 heteroatoms. The van der Waals surface area contributed by atoms with Gasteiger partial charge in [0, 0.05) is 7.05 Å². The standard InChI is InChI=1S/C13H15BrN2O2/c1-8-12(14)16(2)13(15-8)10-7-9(17-3)5-6-11(10)18-4/h5-7H,1-4H3. The fraction of sp³-hybridized carbons (Fsp3) is 0.308. The average Bonchev–Trinajstić information content (AvgIpc) is 2.65. The summed E-state index contributed by atoms with van der Waals surface area (Å²) in [5.41, 5.74) is 1.85. The maximum Gasteiger partial charge on any atom is 0.144 e. The average molecular weight is 311 g/mol. The topological polar surface area (TPSA) is 36.3 Å². The van der Waals surface area contributed by atoms with E-state index in [1.807, 2.05) is 36.7 Å². The molecule has 4 nitrogen and oxygen atoms in total. The van der Waals surface area contributed by atoms with Crippen LogP contribution in [0.1, 0.15) is 5.69 Å². The Hall–Kier alpha value is -1.49. The van der Waals surface area contributed by atoms with Crippen LogP contribution < -0.4 is 9.47 Å². The van der Waals surface area contributed by atoms with Crippen LogP contribution in [0.5, 0.6) is 11.5 Å². The van der Waals surface area contributed by atoms with Gasteiger partial charge < -0.3 is 14.0 Å². The molecule has 0 N–H and O–H groups in total. The normalized spacial score (nSPS) is 10.5. The Labute approximate surface area is 115 Å². The van der Waals surface area contributed by atoms with Crippen molar-refractivity contribution in [3.63, 3.8) is 0 Å². The summed E-state index contributed by atoms with van der Waals surface area (Å²) in [6.07, 6.45) is 0. The van der Waals surface area contributed by atoms with Crippen molar-refractivity contribution in [2.75, 3.05) is 14.2 Å². The molecular formula is C13H15BrN2O2. The largest absolute Gasteiger partial charge is 0.497 e. The SMILES string of the molecule is COc1ccc(OC)c(-c2nc(C)c(Br)n2C)c1. The van der Waals surface area contributed by atoms with Crippen LogP contribution in [0.3, 0.4) is 0 Å². The maximum atomic E-state index is 5.38. The number of halogens is 1. The van der Waals surface area contributed by atoms with E-state index in [1.54, 1.807) is 14.2 Å². The zero-order chi connectivity index (χ0) is 13.3. The molecule has 2 aromatic rings. The third-order valence-corrected chi connectivity index (χ3v) is 3.94. The molecule has 0 radical (unpaired) electrons. The molecule has 1 aromatic carbocycles. The molecular weight excluding hydrogens is 296 g/mol. The van der Waals surface area contributed by atoms with Gasteiger partial charge in [-0.15, -0.1) is 0 Å². The number of methoxy groups -OCH3 is 2. The van der Waals surface area contributed by atoms with Crippen LogP contribution in [-0.2, 0) is 7.05 Å². The first-order chi connectivity index (χ1) is 8.58. The van der Waals surface area contributed by atoms with Crippen LogP contribution in [0, 0.1) is 6.92 Å². The summed E-state index contributed by atoms with van der Waals surface area (Å²) in [6, 6.07) is 5.67. The molecule has 0 amide bonds. The first kappa shape index (κ1) is 13.0. The minimum Gasteiger partial charge on any atom is -0.497 e. The predicted molar refractivity (Wildman–Crippen MR) is 74.2 cm³/mol. The van der Waals surface area contributed by atoms with E-state index in [-0.39, 0.29) is 0 Å². The quantitative estimate of drug-likeness (QED) is 0.873. The molecule has 18 heavy (non-hydrogen) atoms. The summed E-state index contributed by atoms with van der Waals surface area (Å²) in [4.78, 5) is 4.54. The Morgan fingerprint density at radius 1 is 1.22 bits per heavy atom. The first-order valence-corrected chi connectivity index (χ1v) is 6.29. The van der Waals surface area contributed by atoms with Gasteiger partial charge in [-0.05, 0) is 41.1 Å². The van der Waals surface area contributed by atoms with E-state index in [2.05, 4.69) is 20.9 Å². The van der Waals surface area contributed by atoms with Crippen LogP contribution in [0.15, 0.2) is 22.8 Å². The lowest BCUT2D eigenvalue weighted by Gasteiger charge is -2.10. The molecule has 1 aromatic heterocycles. The van der Waals surface area contributed by atoms with Crippen molar-refractivity contribution in [2.24, 2.45) is 7.05 Å². The van der Waals surface area contributed by atoms with Crippen molar-refractivity contribution in [3.05, 3.63) is 28.5 Å². The molecule has 0 spiro atoms. The summed E-state index contributed by atoms with van der Waals surface area (Å²) >= 11 is 3.51. The number of aryl methyl sites for hydroxylation is 1. The highest BCUT2D eigenvalue weighted by molar-refractivity contribution is 9.10. The molecule has 0 fully saturated rings. The van der Waals surface area contributed by atoms with Gasteiger partial charge in [0.1, 0.15) is 21.9 Å². The zero-order valence-corrected chi connectivity index (χ0v) is 12.4. The number of benzene rings is 1. The number of nitrogens with zero attached hydrogens (tertiary/aromatic N) is 2. The molecule has 96 valence electrons. The molecule has 2 rings (SSSR count). The third kappa shape index (κ3) is 2.10. The van der Waals surface area contributed by atoms with Crippen molar-refractivity contribution in [1.82, 2.24) is 9.55 Å². The highest BCUT2D eigenvalue weighted by Crippen LogP contribution is 2.34. The molecule has 0 bridgehead atoms. The summed E-state index contributed by atoms with van der Waals surface area (Å²) in [5, 5.41) is 0. The van der Waals surface area contributed by atoms with Gasteiger partial charge in [-0.3, -0.25) is 0 Å². The summed E-state index contributed by atoms with van der Waals surface area (Å²) < 4.78 is 13.6. The van der Waals surface area contributed by atoms with Gasteiger partial charge in [-0.2, -0.15) is 0 Å². The van der Waals surface area contributed by atoms with Crippen molar-refractivity contribution in [3.8, 4) is 22.9 Å². The second kappa shape index (κ2) is 5.02. The van der Waals surface area contributed by atoms with E-state index in [1.165, 1.54) is 0 Å². The Morgan fingerprint density at radius 3 is 2.44 bits per heavy atom. The van der Waals surface area contributed by atoms with E-state index < -0.39 is 0 Å². The molecule has 0 saturated carbocycles. The predicted octanol–water partition coefficient (Wildman–Crippen LogP) is 3.18. The second-order valence-electron chi connectivity index (χ2n) is 3.94. The van der Waals surface area contributed by atoms with E-state index in [4.69, 9.17) is 9.47 Å². The summed E-state index contributed by atoms with van der Waals surface area (Å²) in [6.45, 7) is 1.96. The Morgan fingerprint density at radius 2 is 1.94 bits per heavy atom. The van der Waals surface area contributed by atoms with E-state index in [0.29, 0.717) is 0 Å². The molecule has 1 heterocycles. The van der Waals surface area contributed by atoms with Crippen molar-refractivity contribution in [2.45, 2.75) is 6.92 Å². The molecule has 0 atom stereocenters. The van der Waals surface area contributed by atoms with Crippen molar-refractivity contribution >= 4 is 15.9 Å². The minimum atomic E-state index is 0.774.